The summed E-state index contributed by atoms with van der Waals surface area (Å²) in [6, 6.07) is 12.9. The summed E-state index contributed by atoms with van der Waals surface area (Å²) in [4.78, 5) is 46.2. The minimum absolute atomic E-state index is 0.239. The summed E-state index contributed by atoms with van der Waals surface area (Å²) in [7, 11) is 0. The van der Waals surface area contributed by atoms with Crippen LogP contribution in [0.2, 0.25) is 0 Å². The van der Waals surface area contributed by atoms with Crippen molar-refractivity contribution < 1.29 is 38.1 Å². The lowest BCUT2D eigenvalue weighted by molar-refractivity contribution is 0.0479. The maximum absolute atomic E-state index is 11.5. The van der Waals surface area contributed by atoms with E-state index in [1.54, 1.807) is 76.2 Å². The molecule has 0 fully saturated rings. The van der Waals surface area contributed by atoms with Crippen LogP contribution in [-0.2, 0) is 18.9 Å². The van der Waals surface area contributed by atoms with Crippen molar-refractivity contribution in [2.24, 2.45) is 0 Å². The molecule has 172 valence electrons. The Labute approximate surface area is 187 Å². The summed E-state index contributed by atoms with van der Waals surface area (Å²) in [5, 5.41) is 0. The Morgan fingerprint density at radius 3 is 0.812 bits per heavy atom. The van der Waals surface area contributed by atoms with Crippen molar-refractivity contribution in [1.82, 2.24) is 0 Å². The second kappa shape index (κ2) is 14.3. The van der Waals surface area contributed by atoms with E-state index in [0.29, 0.717) is 0 Å². The zero-order valence-corrected chi connectivity index (χ0v) is 18.7. The van der Waals surface area contributed by atoms with Gasteiger partial charge in [-0.2, -0.15) is 0 Å². The quantitative estimate of drug-likeness (QED) is 0.443. The van der Waals surface area contributed by atoms with Gasteiger partial charge in [0.1, 0.15) is 0 Å². The predicted octanol–water partition coefficient (Wildman–Crippen LogP) is 4.08. The lowest BCUT2D eigenvalue weighted by Gasteiger charge is -2.07. The highest BCUT2D eigenvalue weighted by Gasteiger charge is 2.18. The smallest absolute Gasteiger partial charge is 0.338 e. The third kappa shape index (κ3) is 7.86. The lowest BCUT2D eigenvalue weighted by atomic mass is 10.1. The summed E-state index contributed by atoms with van der Waals surface area (Å²) in [5.41, 5.74) is 0.955. The average Bonchev–Trinajstić information content (AvgIpc) is 2.80. The van der Waals surface area contributed by atoms with Crippen LogP contribution in [0.4, 0.5) is 0 Å². The minimum atomic E-state index is -0.508. The highest BCUT2D eigenvalue weighted by molar-refractivity contribution is 6.03. The Balaban J connectivity index is 0.000000320. The van der Waals surface area contributed by atoms with E-state index in [-0.39, 0.29) is 48.7 Å². The first-order chi connectivity index (χ1) is 15.4. The van der Waals surface area contributed by atoms with Crippen molar-refractivity contribution in [3.63, 3.8) is 0 Å². The summed E-state index contributed by atoms with van der Waals surface area (Å²) in [6.45, 7) is 7.95. The first kappa shape index (κ1) is 26.4. The van der Waals surface area contributed by atoms with E-state index in [2.05, 4.69) is 0 Å². The van der Waals surface area contributed by atoms with E-state index in [9.17, 15) is 19.2 Å². The van der Waals surface area contributed by atoms with Crippen LogP contribution in [0, 0.1) is 0 Å². The van der Waals surface area contributed by atoms with Gasteiger partial charge in [0, 0.05) is 0 Å². The Hall–Kier alpha value is -3.68. The third-order valence-corrected chi connectivity index (χ3v) is 3.84. The SMILES string of the molecule is CCOC(=O)c1ccccc1C(=O)OCC.CCOC(=O)c1ccccc1C(=O)OCC. The van der Waals surface area contributed by atoms with Gasteiger partial charge in [0.15, 0.2) is 0 Å². The number of rotatable bonds is 8. The molecular weight excluding hydrogens is 416 g/mol. The van der Waals surface area contributed by atoms with Crippen molar-refractivity contribution in [3.05, 3.63) is 70.8 Å². The molecule has 32 heavy (non-hydrogen) atoms. The zero-order chi connectivity index (χ0) is 23.9. The van der Waals surface area contributed by atoms with Crippen LogP contribution in [0.1, 0.15) is 69.1 Å². The van der Waals surface area contributed by atoms with Gasteiger partial charge < -0.3 is 18.9 Å². The highest BCUT2D eigenvalue weighted by atomic mass is 16.5. The number of hydrogen-bond donors (Lipinski definition) is 0. The van der Waals surface area contributed by atoms with Gasteiger partial charge in [-0.3, -0.25) is 0 Å². The molecule has 8 nitrogen and oxygen atoms in total. The fourth-order valence-corrected chi connectivity index (χ4v) is 2.51. The Bertz CT molecular complexity index is 770. The van der Waals surface area contributed by atoms with Crippen LogP contribution in [0.15, 0.2) is 48.5 Å². The second-order valence-electron chi connectivity index (χ2n) is 5.97. The maximum atomic E-state index is 11.5. The van der Waals surface area contributed by atoms with Crippen LogP contribution in [0.25, 0.3) is 0 Å². The molecule has 0 saturated heterocycles. The number of esters is 4. The summed E-state index contributed by atoms with van der Waals surface area (Å²) < 4.78 is 19.4. The second-order valence-corrected chi connectivity index (χ2v) is 5.97. The molecule has 0 N–H and O–H groups in total. The maximum Gasteiger partial charge on any atom is 0.338 e. The van der Waals surface area contributed by atoms with Crippen LogP contribution in [-0.4, -0.2) is 50.3 Å². The Kier molecular flexibility index (Phi) is 11.8. The van der Waals surface area contributed by atoms with Gasteiger partial charge in [0.05, 0.1) is 48.7 Å². The minimum Gasteiger partial charge on any atom is -0.462 e. The zero-order valence-electron chi connectivity index (χ0n) is 18.7. The summed E-state index contributed by atoms with van der Waals surface area (Å²) >= 11 is 0. The van der Waals surface area contributed by atoms with E-state index < -0.39 is 23.9 Å². The van der Waals surface area contributed by atoms with Gasteiger partial charge in [-0.25, -0.2) is 19.2 Å². The number of hydrogen-bond acceptors (Lipinski definition) is 8. The van der Waals surface area contributed by atoms with Crippen LogP contribution < -0.4 is 0 Å². The predicted molar refractivity (Wildman–Crippen MR) is 117 cm³/mol. The molecule has 0 atom stereocenters. The molecule has 0 unspecified atom stereocenters. The standard InChI is InChI=1S/2C12H14O4/c2*1-3-15-11(13)9-7-5-6-8-10(9)12(14)16-4-2/h2*5-8H,3-4H2,1-2H3. The van der Waals surface area contributed by atoms with E-state index >= 15 is 0 Å². The van der Waals surface area contributed by atoms with E-state index in [4.69, 9.17) is 18.9 Å². The number of benzene rings is 2. The van der Waals surface area contributed by atoms with Crippen LogP contribution in [0.5, 0.6) is 0 Å². The molecule has 0 saturated carbocycles. The van der Waals surface area contributed by atoms with Gasteiger partial charge in [-0.1, -0.05) is 24.3 Å². The molecule has 0 aliphatic heterocycles. The van der Waals surface area contributed by atoms with Crippen LogP contribution in [0.3, 0.4) is 0 Å². The summed E-state index contributed by atoms with van der Waals surface area (Å²) in [5.74, 6) is -2.03. The van der Waals surface area contributed by atoms with Crippen molar-refractivity contribution in [2.45, 2.75) is 27.7 Å². The molecule has 0 bridgehead atoms. The number of carbonyl (C=O) groups is 4. The normalized spacial score (nSPS) is 9.62. The van der Waals surface area contributed by atoms with Crippen LogP contribution >= 0.6 is 0 Å². The topological polar surface area (TPSA) is 105 Å². The molecule has 0 aromatic heterocycles. The fraction of sp³-hybridized carbons (Fsp3) is 0.333. The molecule has 0 amide bonds. The number of ether oxygens (including phenoxy) is 4. The van der Waals surface area contributed by atoms with Crippen molar-refractivity contribution in [3.8, 4) is 0 Å². The molecule has 0 aliphatic rings. The monoisotopic (exact) mass is 444 g/mol. The first-order valence-corrected chi connectivity index (χ1v) is 10.3. The molecule has 2 aromatic carbocycles. The molecule has 8 heteroatoms. The van der Waals surface area contributed by atoms with Crippen molar-refractivity contribution in [2.75, 3.05) is 26.4 Å². The van der Waals surface area contributed by atoms with Gasteiger partial charge in [0.2, 0.25) is 0 Å². The molecule has 0 spiro atoms. The van der Waals surface area contributed by atoms with Crippen molar-refractivity contribution in [1.29, 1.82) is 0 Å². The van der Waals surface area contributed by atoms with Crippen molar-refractivity contribution >= 4 is 23.9 Å². The highest BCUT2D eigenvalue weighted by Crippen LogP contribution is 2.13. The molecule has 0 radical (unpaired) electrons. The Morgan fingerprint density at radius 2 is 0.656 bits per heavy atom. The van der Waals surface area contributed by atoms with Gasteiger partial charge in [-0.15, -0.1) is 0 Å². The lowest BCUT2D eigenvalue weighted by Crippen LogP contribution is -2.13. The average molecular weight is 444 g/mol. The first-order valence-electron chi connectivity index (χ1n) is 10.3. The molecule has 0 aliphatic carbocycles. The molecular formula is C24H28O8. The van der Waals surface area contributed by atoms with E-state index in [1.807, 2.05) is 0 Å². The van der Waals surface area contributed by atoms with Gasteiger partial charge in [0.25, 0.3) is 0 Å². The van der Waals surface area contributed by atoms with Gasteiger partial charge >= 0.3 is 23.9 Å². The number of carbonyl (C=O) groups excluding carboxylic acids is 4. The molecule has 2 aromatic rings. The molecule has 2 rings (SSSR count). The Morgan fingerprint density at radius 1 is 0.469 bits per heavy atom. The van der Waals surface area contributed by atoms with E-state index in [0.717, 1.165) is 0 Å². The molecule has 0 heterocycles. The fourth-order valence-electron chi connectivity index (χ4n) is 2.51. The van der Waals surface area contributed by atoms with Gasteiger partial charge in [-0.05, 0) is 52.0 Å². The third-order valence-electron chi connectivity index (χ3n) is 3.84. The largest absolute Gasteiger partial charge is 0.462 e. The summed E-state index contributed by atoms with van der Waals surface area (Å²) in [6.07, 6.45) is 0. The van der Waals surface area contributed by atoms with E-state index in [1.165, 1.54) is 0 Å².